The number of halogens is 1. The number of anilines is 1. The molecular weight excluding hydrogens is 252 g/mol. The summed E-state index contributed by atoms with van der Waals surface area (Å²) in [6, 6.07) is -0.0808. The Hall–Kier alpha value is -1.62. The third kappa shape index (κ3) is 2.61. The average molecular weight is 267 g/mol. The van der Waals surface area contributed by atoms with Gasteiger partial charge in [-0.25, -0.2) is 15.0 Å². The quantitative estimate of drug-likeness (QED) is 0.864. The number of nitrogens with zero attached hydrogens (tertiary/aromatic N) is 3. The Labute approximate surface area is 111 Å². The summed E-state index contributed by atoms with van der Waals surface area (Å²) in [6.07, 6.45) is 1.69. The minimum Gasteiger partial charge on any atom is -0.444 e. The molecule has 2 heterocycles. The molecule has 1 atom stereocenters. The molecule has 2 aromatic rings. The fraction of sp³-hybridized carbons (Fsp3) is 0.417. The highest BCUT2D eigenvalue weighted by Crippen LogP contribution is 2.24. The number of hydrogen-bond donors (Lipinski definition) is 1. The van der Waals surface area contributed by atoms with E-state index in [0.717, 1.165) is 11.3 Å². The van der Waals surface area contributed by atoms with E-state index in [0.29, 0.717) is 22.7 Å². The number of rotatable bonds is 3. The molecule has 0 saturated heterocycles. The molecule has 0 radical (unpaired) electrons. The Kier molecular flexibility index (Phi) is 3.52. The minimum absolute atomic E-state index is 0.0808. The third-order valence-electron chi connectivity index (χ3n) is 2.56. The van der Waals surface area contributed by atoms with Gasteiger partial charge in [0.15, 0.2) is 0 Å². The van der Waals surface area contributed by atoms with Gasteiger partial charge in [0.1, 0.15) is 28.6 Å². The molecule has 6 heteroatoms. The molecule has 1 N–H and O–H groups in total. The van der Waals surface area contributed by atoms with Gasteiger partial charge in [-0.3, -0.25) is 0 Å². The Bertz CT molecular complexity index is 567. The molecule has 0 aliphatic heterocycles. The summed E-state index contributed by atoms with van der Waals surface area (Å²) < 4.78 is 5.47. The third-order valence-corrected chi connectivity index (χ3v) is 2.93. The Balaban J connectivity index is 2.24. The summed E-state index contributed by atoms with van der Waals surface area (Å²) in [4.78, 5) is 12.6. The normalized spacial score (nSPS) is 12.5. The molecule has 18 heavy (non-hydrogen) atoms. The molecule has 96 valence electrons. The van der Waals surface area contributed by atoms with Crippen LogP contribution in [0, 0.1) is 20.8 Å². The van der Waals surface area contributed by atoms with E-state index in [1.54, 1.807) is 13.1 Å². The highest BCUT2D eigenvalue weighted by Gasteiger charge is 2.14. The summed E-state index contributed by atoms with van der Waals surface area (Å²) >= 11 is 6.02. The maximum Gasteiger partial charge on any atom is 0.216 e. The second kappa shape index (κ2) is 4.94. The summed E-state index contributed by atoms with van der Waals surface area (Å²) in [5.41, 5.74) is 0.817. The molecule has 2 aromatic heterocycles. The molecule has 0 saturated carbocycles. The van der Waals surface area contributed by atoms with Crippen LogP contribution in [0.2, 0.25) is 5.15 Å². The predicted molar refractivity (Wildman–Crippen MR) is 69.8 cm³/mol. The van der Waals surface area contributed by atoms with Crippen LogP contribution in [0.3, 0.4) is 0 Å². The second-order valence-corrected chi connectivity index (χ2v) is 4.57. The van der Waals surface area contributed by atoms with Gasteiger partial charge in [-0.2, -0.15) is 0 Å². The largest absolute Gasteiger partial charge is 0.444 e. The molecule has 0 bridgehead atoms. The minimum atomic E-state index is -0.0808. The van der Waals surface area contributed by atoms with Gasteiger partial charge in [0.25, 0.3) is 0 Å². The van der Waals surface area contributed by atoms with Crippen LogP contribution in [0.5, 0.6) is 0 Å². The van der Waals surface area contributed by atoms with Crippen molar-refractivity contribution in [2.24, 2.45) is 0 Å². The van der Waals surface area contributed by atoms with Crippen LogP contribution in [-0.2, 0) is 0 Å². The molecule has 0 amide bonds. The first-order valence-electron chi connectivity index (χ1n) is 5.67. The zero-order valence-electron chi connectivity index (χ0n) is 10.8. The molecular formula is C12H15ClN4O. The van der Waals surface area contributed by atoms with Gasteiger partial charge in [-0.05, 0) is 27.7 Å². The van der Waals surface area contributed by atoms with Crippen molar-refractivity contribution in [3.8, 4) is 0 Å². The maximum atomic E-state index is 6.02. The number of hydrogen-bond acceptors (Lipinski definition) is 5. The fourth-order valence-corrected chi connectivity index (χ4v) is 1.79. The molecule has 5 nitrogen and oxygen atoms in total. The summed E-state index contributed by atoms with van der Waals surface area (Å²) in [5.74, 6) is 2.74. The van der Waals surface area contributed by atoms with E-state index in [2.05, 4.69) is 20.3 Å². The van der Waals surface area contributed by atoms with Gasteiger partial charge in [0.05, 0.1) is 6.20 Å². The van der Waals surface area contributed by atoms with Crippen molar-refractivity contribution in [1.29, 1.82) is 0 Å². The highest BCUT2D eigenvalue weighted by atomic mass is 35.5. The van der Waals surface area contributed by atoms with Crippen LogP contribution in [0.1, 0.15) is 36.0 Å². The lowest BCUT2D eigenvalue weighted by molar-refractivity contribution is 0.453. The zero-order chi connectivity index (χ0) is 13.3. The molecule has 0 aliphatic carbocycles. The van der Waals surface area contributed by atoms with E-state index in [9.17, 15) is 0 Å². The van der Waals surface area contributed by atoms with Crippen molar-refractivity contribution in [1.82, 2.24) is 15.0 Å². The maximum absolute atomic E-state index is 6.02. The Morgan fingerprint density at radius 1 is 1.28 bits per heavy atom. The Morgan fingerprint density at radius 2 is 2.00 bits per heavy atom. The van der Waals surface area contributed by atoms with Crippen LogP contribution < -0.4 is 5.32 Å². The van der Waals surface area contributed by atoms with Gasteiger partial charge in [-0.1, -0.05) is 11.6 Å². The van der Waals surface area contributed by atoms with E-state index < -0.39 is 0 Å². The molecule has 0 aromatic carbocycles. The molecule has 1 unspecified atom stereocenters. The van der Waals surface area contributed by atoms with E-state index >= 15 is 0 Å². The van der Waals surface area contributed by atoms with E-state index in [-0.39, 0.29) is 6.04 Å². The van der Waals surface area contributed by atoms with Crippen LogP contribution in [0.25, 0.3) is 0 Å². The first kappa shape index (κ1) is 12.8. The second-order valence-electron chi connectivity index (χ2n) is 4.21. The van der Waals surface area contributed by atoms with E-state index in [4.69, 9.17) is 16.0 Å². The highest BCUT2D eigenvalue weighted by molar-refractivity contribution is 6.30. The zero-order valence-corrected chi connectivity index (χ0v) is 11.5. The fourth-order valence-electron chi connectivity index (χ4n) is 1.57. The van der Waals surface area contributed by atoms with Gasteiger partial charge in [-0.15, -0.1) is 0 Å². The molecule has 2 rings (SSSR count). The monoisotopic (exact) mass is 266 g/mol. The van der Waals surface area contributed by atoms with E-state index in [1.165, 1.54) is 0 Å². The van der Waals surface area contributed by atoms with Gasteiger partial charge >= 0.3 is 0 Å². The van der Waals surface area contributed by atoms with Crippen LogP contribution in [0.15, 0.2) is 10.6 Å². The number of aryl methyl sites for hydroxylation is 2. The van der Waals surface area contributed by atoms with Crippen LogP contribution in [-0.4, -0.2) is 15.0 Å². The molecule has 0 aliphatic rings. The lowest BCUT2D eigenvalue weighted by Crippen LogP contribution is -2.11. The average Bonchev–Trinajstić information content (AvgIpc) is 2.72. The predicted octanol–water partition coefficient (Wildman–Crippen LogP) is 3.22. The topological polar surface area (TPSA) is 63.8 Å². The lowest BCUT2D eigenvalue weighted by Gasteiger charge is -2.14. The lowest BCUT2D eigenvalue weighted by atomic mass is 10.3. The van der Waals surface area contributed by atoms with Gasteiger partial charge in [0, 0.05) is 5.56 Å². The van der Waals surface area contributed by atoms with E-state index in [1.807, 2.05) is 20.8 Å². The smallest absolute Gasteiger partial charge is 0.216 e. The number of nitrogens with one attached hydrogen (secondary N) is 1. The Morgan fingerprint density at radius 3 is 2.61 bits per heavy atom. The van der Waals surface area contributed by atoms with Crippen molar-refractivity contribution in [2.75, 3.05) is 5.32 Å². The van der Waals surface area contributed by atoms with Crippen molar-refractivity contribution < 1.29 is 4.42 Å². The molecule has 0 fully saturated rings. The molecule has 0 spiro atoms. The van der Waals surface area contributed by atoms with Gasteiger partial charge in [0.2, 0.25) is 5.89 Å². The summed E-state index contributed by atoms with van der Waals surface area (Å²) in [5, 5.41) is 3.69. The van der Waals surface area contributed by atoms with Crippen molar-refractivity contribution in [3.05, 3.63) is 34.4 Å². The summed E-state index contributed by atoms with van der Waals surface area (Å²) in [6.45, 7) is 7.49. The van der Waals surface area contributed by atoms with Crippen molar-refractivity contribution >= 4 is 17.4 Å². The number of aromatic nitrogens is 3. The summed E-state index contributed by atoms with van der Waals surface area (Å²) in [7, 11) is 0. The van der Waals surface area contributed by atoms with Crippen molar-refractivity contribution in [3.63, 3.8) is 0 Å². The van der Waals surface area contributed by atoms with Gasteiger partial charge < -0.3 is 9.73 Å². The SMILES string of the molecule is Cc1nc(Cl)c(C)c(NC(C)c2ncc(C)o2)n1. The van der Waals surface area contributed by atoms with Crippen LogP contribution in [0.4, 0.5) is 5.82 Å². The van der Waals surface area contributed by atoms with Crippen molar-refractivity contribution in [2.45, 2.75) is 33.7 Å². The first-order valence-corrected chi connectivity index (χ1v) is 6.04. The first-order chi connectivity index (χ1) is 8.47. The number of oxazole rings is 1. The standard InChI is InChI=1S/C12H15ClN4O/c1-6-5-14-12(18-6)8(3)15-11-7(2)10(13)16-9(4)17-11/h5,8H,1-4H3,(H,15,16,17). The van der Waals surface area contributed by atoms with Crippen LogP contribution >= 0.6 is 11.6 Å².